The zero-order chi connectivity index (χ0) is 15.4. The smallest absolute Gasteiger partial charge is 0.230 e. The van der Waals surface area contributed by atoms with Gasteiger partial charge in [-0.15, -0.1) is 11.8 Å². The zero-order valence-corrected chi connectivity index (χ0v) is 15.0. The fourth-order valence-electron chi connectivity index (χ4n) is 2.81. The van der Waals surface area contributed by atoms with Crippen LogP contribution in [0.5, 0.6) is 0 Å². The van der Waals surface area contributed by atoms with Gasteiger partial charge >= 0.3 is 0 Å². The van der Waals surface area contributed by atoms with Gasteiger partial charge in [-0.1, -0.05) is 26.7 Å². The van der Waals surface area contributed by atoms with Crippen molar-refractivity contribution >= 4 is 39.3 Å². The zero-order valence-electron chi connectivity index (χ0n) is 12.6. The van der Waals surface area contributed by atoms with Gasteiger partial charge in [0.25, 0.3) is 0 Å². The molecule has 3 atom stereocenters. The summed E-state index contributed by atoms with van der Waals surface area (Å²) >= 11 is 5.02. The lowest BCUT2D eigenvalue weighted by Gasteiger charge is -2.34. The second kappa shape index (κ2) is 7.54. The quantitative estimate of drug-likeness (QED) is 0.620. The minimum absolute atomic E-state index is 0.120. The third-order valence-corrected chi connectivity index (χ3v) is 6.36. The average molecular weight is 371 g/mol. The van der Waals surface area contributed by atoms with Gasteiger partial charge in [0.1, 0.15) is 0 Å². The molecule has 116 valence electrons. The van der Waals surface area contributed by atoms with Gasteiger partial charge in [0, 0.05) is 21.1 Å². The summed E-state index contributed by atoms with van der Waals surface area (Å²) in [4.78, 5) is 13.2. The predicted octanol–water partition coefficient (Wildman–Crippen LogP) is 4.06. The van der Waals surface area contributed by atoms with Gasteiger partial charge in [-0.3, -0.25) is 4.79 Å². The third kappa shape index (κ3) is 4.65. The van der Waals surface area contributed by atoms with E-state index >= 15 is 0 Å². The van der Waals surface area contributed by atoms with E-state index < -0.39 is 0 Å². The van der Waals surface area contributed by atoms with E-state index in [2.05, 4.69) is 35.1 Å². The first-order valence-corrected chi connectivity index (χ1v) is 9.22. The number of anilines is 1. The summed E-state index contributed by atoms with van der Waals surface area (Å²) < 4.78 is 0.944. The molecule has 1 fully saturated rings. The number of halogens is 1. The van der Waals surface area contributed by atoms with Gasteiger partial charge in [-0.05, 0) is 52.4 Å². The molecule has 0 aliphatic heterocycles. The van der Waals surface area contributed by atoms with Crippen molar-refractivity contribution in [3.63, 3.8) is 0 Å². The van der Waals surface area contributed by atoms with Crippen molar-refractivity contribution in [3.05, 3.63) is 22.7 Å². The van der Waals surface area contributed by atoms with E-state index in [1.54, 1.807) is 0 Å². The number of carbonyl (C=O) groups excluding carboxylic acids is 1. The number of rotatable bonds is 4. The molecule has 0 heterocycles. The van der Waals surface area contributed by atoms with E-state index in [0.29, 0.717) is 23.6 Å². The standard InChI is InChI=1S/C16H23BrN2OS/c1-10-4-3-5-14(11(10)2)19-16(20)9-21-15-7-6-12(18)8-13(15)17/h6-8,10-11,14H,3-5,9,18H2,1-2H3,(H,19,20). The van der Waals surface area contributed by atoms with Gasteiger partial charge in [-0.25, -0.2) is 0 Å². The van der Waals surface area contributed by atoms with Crippen molar-refractivity contribution in [3.8, 4) is 0 Å². The second-order valence-corrected chi connectivity index (χ2v) is 7.79. The topological polar surface area (TPSA) is 55.1 Å². The second-order valence-electron chi connectivity index (χ2n) is 5.92. The first kappa shape index (κ1) is 16.7. The summed E-state index contributed by atoms with van der Waals surface area (Å²) in [7, 11) is 0. The van der Waals surface area contributed by atoms with Crippen LogP contribution in [-0.2, 0) is 4.79 Å². The van der Waals surface area contributed by atoms with Crippen LogP contribution in [-0.4, -0.2) is 17.7 Å². The van der Waals surface area contributed by atoms with Gasteiger partial charge in [0.2, 0.25) is 5.91 Å². The normalized spacial score (nSPS) is 25.6. The van der Waals surface area contributed by atoms with Gasteiger partial charge in [-0.2, -0.15) is 0 Å². The van der Waals surface area contributed by atoms with Crippen LogP contribution in [0.25, 0.3) is 0 Å². The van der Waals surface area contributed by atoms with Crippen molar-refractivity contribution in [2.24, 2.45) is 11.8 Å². The van der Waals surface area contributed by atoms with E-state index in [1.807, 2.05) is 18.2 Å². The summed E-state index contributed by atoms with van der Waals surface area (Å²) in [6, 6.07) is 6.00. The molecule has 21 heavy (non-hydrogen) atoms. The molecule has 0 aromatic heterocycles. The number of hydrogen-bond donors (Lipinski definition) is 2. The van der Waals surface area contributed by atoms with Crippen molar-refractivity contribution in [2.45, 2.75) is 44.0 Å². The largest absolute Gasteiger partial charge is 0.399 e. The molecule has 1 aromatic rings. The molecule has 0 bridgehead atoms. The molecular formula is C16H23BrN2OS. The average Bonchev–Trinajstić information content (AvgIpc) is 2.43. The minimum atomic E-state index is 0.120. The van der Waals surface area contributed by atoms with Crippen molar-refractivity contribution < 1.29 is 4.79 Å². The maximum absolute atomic E-state index is 12.1. The molecule has 2 rings (SSSR count). The van der Waals surface area contributed by atoms with Gasteiger partial charge < -0.3 is 11.1 Å². The monoisotopic (exact) mass is 370 g/mol. The van der Waals surface area contributed by atoms with Crippen molar-refractivity contribution in [2.75, 3.05) is 11.5 Å². The number of thioether (sulfide) groups is 1. The van der Waals surface area contributed by atoms with Crippen LogP contribution in [0.4, 0.5) is 5.69 Å². The van der Waals surface area contributed by atoms with Crippen molar-refractivity contribution in [1.29, 1.82) is 0 Å². The number of nitrogen functional groups attached to an aromatic ring is 1. The molecule has 3 N–H and O–H groups in total. The molecule has 0 saturated heterocycles. The summed E-state index contributed by atoms with van der Waals surface area (Å²) in [5.41, 5.74) is 6.44. The molecule has 0 spiro atoms. The Morgan fingerprint density at radius 1 is 1.43 bits per heavy atom. The Bertz CT molecular complexity index is 509. The Kier molecular flexibility index (Phi) is 5.99. The Morgan fingerprint density at radius 3 is 2.90 bits per heavy atom. The van der Waals surface area contributed by atoms with E-state index in [1.165, 1.54) is 24.6 Å². The molecular weight excluding hydrogens is 348 g/mol. The summed E-state index contributed by atoms with van der Waals surface area (Å²) in [6.45, 7) is 4.53. The first-order valence-electron chi connectivity index (χ1n) is 7.44. The number of benzene rings is 1. The Balaban J connectivity index is 1.84. The summed E-state index contributed by atoms with van der Waals surface area (Å²) in [5, 5.41) is 3.20. The van der Waals surface area contributed by atoms with E-state index in [-0.39, 0.29) is 5.91 Å². The van der Waals surface area contributed by atoms with Crippen LogP contribution in [0, 0.1) is 11.8 Å². The highest BCUT2D eigenvalue weighted by atomic mass is 79.9. The van der Waals surface area contributed by atoms with E-state index in [9.17, 15) is 4.79 Å². The molecule has 5 heteroatoms. The summed E-state index contributed by atoms with van der Waals surface area (Å²) in [6.07, 6.45) is 3.60. The van der Waals surface area contributed by atoms with Crippen LogP contribution in [0.15, 0.2) is 27.6 Å². The highest BCUT2D eigenvalue weighted by Gasteiger charge is 2.27. The molecule has 1 amide bonds. The summed E-state index contributed by atoms with van der Waals surface area (Å²) in [5.74, 6) is 1.83. The lowest BCUT2D eigenvalue weighted by atomic mass is 9.78. The number of carbonyl (C=O) groups is 1. The first-order chi connectivity index (χ1) is 9.97. The molecule has 1 aliphatic carbocycles. The maximum atomic E-state index is 12.1. The number of nitrogens with two attached hydrogens (primary N) is 1. The maximum Gasteiger partial charge on any atom is 0.230 e. The molecule has 1 aliphatic rings. The lowest BCUT2D eigenvalue weighted by Crippen LogP contribution is -2.44. The highest BCUT2D eigenvalue weighted by molar-refractivity contribution is 9.10. The highest BCUT2D eigenvalue weighted by Crippen LogP contribution is 2.31. The number of nitrogens with one attached hydrogen (secondary N) is 1. The van der Waals surface area contributed by atoms with E-state index in [4.69, 9.17) is 5.73 Å². The minimum Gasteiger partial charge on any atom is -0.399 e. The lowest BCUT2D eigenvalue weighted by molar-refractivity contribution is -0.119. The number of amides is 1. The Hall–Kier alpha value is -0.680. The third-order valence-electron chi connectivity index (χ3n) is 4.37. The van der Waals surface area contributed by atoms with E-state index in [0.717, 1.165) is 21.5 Å². The predicted molar refractivity (Wildman–Crippen MR) is 93.4 cm³/mol. The molecule has 1 saturated carbocycles. The van der Waals surface area contributed by atoms with Gasteiger partial charge in [0.15, 0.2) is 0 Å². The van der Waals surface area contributed by atoms with Gasteiger partial charge in [0.05, 0.1) is 5.75 Å². The molecule has 0 radical (unpaired) electrons. The molecule has 1 aromatic carbocycles. The Labute approximate surface area is 139 Å². The molecule has 3 unspecified atom stereocenters. The Morgan fingerprint density at radius 2 is 2.19 bits per heavy atom. The fraction of sp³-hybridized carbons (Fsp3) is 0.562. The molecule has 3 nitrogen and oxygen atoms in total. The van der Waals surface area contributed by atoms with Crippen LogP contribution >= 0.6 is 27.7 Å². The van der Waals surface area contributed by atoms with Crippen molar-refractivity contribution in [1.82, 2.24) is 5.32 Å². The SMILES string of the molecule is CC1CCCC(NC(=O)CSc2ccc(N)cc2Br)C1C. The van der Waals surface area contributed by atoms with Crippen LogP contribution < -0.4 is 11.1 Å². The van der Waals surface area contributed by atoms with Crippen LogP contribution in [0.2, 0.25) is 0 Å². The fourth-order valence-corrected chi connectivity index (χ4v) is 4.28. The van der Waals surface area contributed by atoms with Crippen LogP contribution in [0.1, 0.15) is 33.1 Å². The van der Waals surface area contributed by atoms with Crippen LogP contribution in [0.3, 0.4) is 0 Å². The number of hydrogen-bond acceptors (Lipinski definition) is 3.